The maximum atomic E-state index is 14.4. The number of sulfone groups is 1. The van der Waals surface area contributed by atoms with Gasteiger partial charge in [-0.05, 0) is 31.4 Å². The third-order valence-electron chi connectivity index (χ3n) is 4.40. The highest BCUT2D eigenvalue weighted by molar-refractivity contribution is 7.90. The van der Waals surface area contributed by atoms with E-state index in [9.17, 15) is 17.2 Å². The summed E-state index contributed by atoms with van der Waals surface area (Å²) in [6.45, 7) is 1.38. The van der Waals surface area contributed by atoms with E-state index in [4.69, 9.17) is 0 Å². The predicted octanol–water partition coefficient (Wildman–Crippen LogP) is 2.44. The van der Waals surface area contributed by atoms with E-state index in [2.05, 4.69) is 20.3 Å². The van der Waals surface area contributed by atoms with Gasteiger partial charge < -0.3 is 9.88 Å². The van der Waals surface area contributed by atoms with Crippen LogP contribution in [0.3, 0.4) is 0 Å². The fourth-order valence-corrected chi connectivity index (χ4v) is 3.27. The molecule has 10 heteroatoms. The molecular formula is C17H17F2N5O2S. The minimum Gasteiger partial charge on any atom is -0.365 e. The van der Waals surface area contributed by atoms with Crippen molar-refractivity contribution >= 4 is 26.8 Å². The first-order valence-electron chi connectivity index (χ1n) is 8.37. The van der Waals surface area contributed by atoms with Crippen LogP contribution < -0.4 is 5.32 Å². The average Bonchev–Trinajstić information content (AvgIpc) is 3.32. The fraction of sp³-hybridized carbons (Fsp3) is 0.353. The van der Waals surface area contributed by atoms with E-state index in [0.717, 1.165) is 19.1 Å². The number of hydrogen-bond donors (Lipinski definition) is 1. The molecule has 1 saturated carbocycles. The molecule has 1 aliphatic carbocycles. The summed E-state index contributed by atoms with van der Waals surface area (Å²) in [5, 5.41) is 2.78. The van der Waals surface area contributed by atoms with E-state index in [-0.39, 0.29) is 29.0 Å². The van der Waals surface area contributed by atoms with Gasteiger partial charge in [0.2, 0.25) is 9.84 Å². The van der Waals surface area contributed by atoms with Gasteiger partial charge in [0.15, 0.2) is 17.0 Å². The fourth-order valence-electron chi connectivity index (χ4n) is 2.76. The van der Waals surface area contributed by atoms with Crippen molar-refractivity contribution in [3.05, 3.63) is 41.2 Å². The SMILES string of the molecule is Cc1ccc(F)c(Cn2cnc3c(NC4CC4)nc(S(C)(=O)=O)nc32)c1F. The number of aromatic nitrogens is 4. The van der Waals surface area contributed by atoms with Crippen LogP contribution >= 0.6 is 0 Å². The van der Waals surface area contributed by atoms with Gasteiger partial charge in [-0.1, -0.05) is 6.07 Å². The van der Waals surface area contributed by atoms with Crippen molar-refractivity contribution in [2.24, 2.45) is 0 Å². The minimum absolute atomic E-state index is 0.134. The van der Waals surface area contributed by atoms with Gasteiger partial charge in [-0.3, -0.25) is 0 Å². The van der Waals surface area contributed by atoms with Crippen LogP contribution in [0.1, 0.15) is 24.0 Å². The molecule has 142 valence electrons. The maximum Gasteiger partial charge on any atom is 0.250 e. The number of anilines is 1. The van der Waals surface area contributed by atoms with E-state index in [0.29, 0.717) is 16.9 Å². The zero-order chi connectivity index (χ0) is 19.3. The molecule has 1 aromatic carbocycles. The number of rotatable bonds is 5. The molecule has 7 nitrogen and oxygen atoms in total. The summed E-state index contributed by atoms with van der Waals surface area (Å²) in [5.41, 5.74) is 0.750. The summed E-state index contributed by atoms with van der Waals surface area (Å²) in [7, 11) is -3.67. The Morgan fingerprint density at radius 1 is 1.26 bits per heavy atom. The van der Waals surface area contributed by atoms with Crippen molar-refractivity contribution in [1.82, 2.24) is 19.5 Å². The van der Waals surface area contributed by atoms with E-state index in [1.54, 1.807) is 6.92 Å². The van der Waals surface area contributed by atoms with E-state index < -0.39 is 21.5 Å². The lowest BCUT2D eigenvalue weighted by Crippen LogP contribution is -2.12. The average molecular weight is 393 g/mol. The summed E-state index contributed by atoms with van der Waals surface area (Å²) >= 11 is 0. The zero-order valence-corrected chi connectivity index (χ0v) is 15.5. The van der Waals surface area contributed by atoms with Crippen molar-refractivity contribution in [1.29, 1.82) is 0 Å². The number of aryl methyl sites for hydroxylation is 1. The molecule has 2 heterocycles. The Bertz CT molecular complexity index is 1160. The lowest BCUT2D eigenvalue weighted by Gasteiger charge is -2.10. The van der Waals surface area contributed by atoms with Crippen molar-refractivity contribution in [3.8, 4) is 0 Å². The molecule has 0 bridgehead atoms. The number of hydrogen-bond acceptors (Lipinski definition) is 6. The largest absolute Gasteiger partial charge is 0.365 e. The maximum absolute atomic E-state index is 14.4. The first kappa shape index (κ1) is 17.8. The van der Waals surface area contributed by atoms with Crippen LogP contribution in [0.4, 0.5) is 14.6 Å². The quantitative estimate of drug-likeness (QED) is 0.670. The smallest absolute Gasteiger partial charge is 0.250 e. The van der Waals surface area contributed by atoms with Gasteiger partial charge in [-0.15, -0.1) is 0 Å². The van der Waals surface area contributed by atoms with Crippen molar-refractivity contribution < 1.29 is 17.2 Å². The minimum atomic E-state index is -3.67. The Morgan fingerprint density at radius 2 is 2.00 bits per heavy atom. The monoisotopic (exact) mass is 393 g/mol. The summed E-state index contributed by atoms with van der Waals surface area (Å²) < 4.78 is 53.9. The normalized spacial score (nSPS) is 14.7. The van der Waals surface area contributed by atoms with Crippen LogP contribution in [0.15, 0.2) is 23.6 Å². The third-order valence-corrected chi connectivity index (χ3v) is 5.25. The highest BCUT2D eigenvalue weighted by atomic mass is 32.2. The summed E-state index contributed by atoms with van der Waals surface area (Å²) in [4.78, 5) is 12.4. The molecule has 1 fully saturated rings. The number of imidazole rings is 1. The molecule has 0 spiro atoms. The van der Waals surface area contributed by atoms with Gasteiger partial charge in [0.05, 0.1) is 12.9 Å². The predicted molar refractivity (Wildman–Crippen MR) is 95.3 cm³/mol. The molecule has 0 unspecified atom stereocenters. The number of benzene rings is 1. The lowest BCUT2D eigenvalue weighted by atomic mass is 10.1. The second-order valence-corrected chi connectivity index (χ2v) is 8.66. The van der Waals surface area contributed by atoms with Gasteiger partial charge >= 0.3 is 0 Å². The molecule has 0 saturated heterocycles. The number of fused-ring (bicyclic) bond motifs is 1. The third kappa shape index (κ3) is 3.36. The molecule has 0 amide bonds. The Hall–Kier alpha value is -2.62. The summed E-state index contributed by atoms with van der Waals surface area (Å²) in [6.07, 6.45) is 4.31. The first-order valence-corrected chi connectivity index (χ1v) is 10.3. The topological polar surface area (TPSA) is 89.8 Å². The Balaban J connectivity index is 1.86. The van der Waals surface area contributed by atoms with Gasteiger partial charge in [0, 0.05) is 17.9 Å². The van der Waals surface area contributed by atoms with Crippen LogP contribution in [-0.4, -0.2) is 40.2 Å². The van der Waals surface area contributed by atoms with Gasteiger partial charge in [0.25, 0.3) is 5.16 Å². The summed E-state index contributed by atoms with van der Waals surface area (Å²) in [5.74, 6) is -1.02. The molecule has 27 heavy (non-hydrogen) atoms. The lowest BCUT2D eigenvalue weighted by molar-refractivity contribution is 0.540. The molecule has 4 rings (SSSR count). The Morgan fingerprint density at radius 3 is 2.67 bits per heavy atom. The molecule has 0 aliphatic heterocycles. The Labute approximate surface area is 154 Å². The molecule has 0 radical (unpaired) electrons. The van der Waals surface area contributed by atoms with Crippen LogP contribution in [-0.2, 0) is 16.4 Å². The standard InChI is InChI=1S/C17H17F2N5O2S/c1-9-3-6-12(18)11(13(9)19)7-24-8-20-14-15(21-10-4-5-10)22-17(23-16(14)24)27(2,25)26/h3,6,8,10H,4-5,7H2,1-2H3,(H,21,22,23). The van der Waals surface area contributed by atoms with E-state index in [1.165, 1.54) is 23.0 Å². The van der Waals surface area contributed by atoms with Crippen molar-refractivity contribution in [3.63, 3.8) is 0 Å². The molecular weight excluding hydrogens is 376 g/mol. The first-order chi connectivity index (χ1) is 12.7. The summed E-state index contributed by atoms with van der Waals surface area (Å²) in [6, 6.07) is 2.78. The van der Waals surface area contributed by atoms with Crippen LogP contribution in [0, 0.1) is 18.6 Å². The highest BCUT2D eigenvalue weighted by Gasteiger charge is 2.26. The number of nitrogens with one attached hydrogen (secondary N) is 1. The van der Waals surface area contributed by atoms with Crippen molar-refractivity contribution in [2.45, 2.75) is 37.5 Å². The number of nitrogens with zero attached hydrogens (tertiary/aromatic N) is 4. The van der Waals surface area contributed by atoms with Gasteiger partial charge in [-0.25, -0.2) is 22.2 Å². The number of halogens is 2. The zero-order valence-electron chi connectivity index (χ0n) is 14.7. The Kier molecular flexibility index (Phi) is 4.10. The van der Waals surface area contributed by atoms with E-state index in [1.807, 2.05) is 0 Å². The molecule has 3 aromatic rings. The molecule has 0 atom stereocenters. The molecule has 1 N–H and O–H groups in total. The van der Waals surface area contributed by atoms with Crippen LogP contribution in [0.25, 0.3) is 11.2 Å². The van der Waals surface area contributed by atoms with E-state index >= 15 is 0 Å². The van der Waals surface area contributed by atoms with Crippen LogP contribution in [0.2, 0.25) is 0 Å². The van der Waals surface area contributed by atoms with Gasteiger partial charge in [-0.2, -0.15) is 9.97 Å². The van der Waals surface area contributed by atoms with Gasteiger partial charge in [0.1, 0.15) is 11.6 Å². The molecule has 1 aliphatic rings. The second-order valence-electron chi connectivity index (χ2n) is 6.75. The highest BCUT2D eigenvalue weighted by Crippen LogP contribution is 2.29. The molecule has 2 aromatic heterocycles. The van der Waals surface area contributed by atoms with Crippen molar-refractivity contribution in [2.75, 3.05) is 11.6 Å². The van der Waals surface area contributed by atoms with Crippen LogP contribution in [0.5, 0.6) is 0 Å². The second kappa shape index (κ2) is 6.22.